The molecule has 1 heterocycles. The summed E-state index contributed by atoms with van der Waals surface area (Å²) < 4.78 is 4.55. The Morgan fingerprint density at radius 3 is 2.54 bits per heavy atom. The highest BCUT2D eigenvalue weighted by Gasteiger charge is 2.30. The van der Waals surface area contributed by atoms with Gasteiger partial charge in [-0.05, 0) is 65.0 Å². The molecule has 1 aromatic carbocycles. The lowest BCUT2D eigenvalue weighted by molar-refractivity contribution is -0.123. The molecule has 1 fully saturated rings. The van der Waals surface area contributed by atoms with E-state index in [1.807, 2.05) is 67.7 Å². The Hall–Kier alpha value is -1.99. The number of carbonyl (C=O) groups excluding carboxylic acids is 1. The topological polar surface area (TPSA) is 55.1 Å². The van der Waals surface area contributed by atoms with E-state index >= 15 is 0 Å². The summed E-state index contributed by atoms with van der Waals surface area (Å²) in [6, 6.07) is 10.1. The second-order valence-corrected chi connectivity index (χ2v) is 8.40. The number of carbonyl (C=O) groups is 1. The second-order valence-electron chi connectivity index (χ2n) is 8.04. The fourth-order valence-electron chi connectivity index (χ4n) is 2.92. The Morgan fingerprint density at radius 1 is 1.31 bits per heavy atom. The second kappa shape index (κ2) is 7.32. The van der Waals surface area contributed by atoms with Crippen molar-refractivity contribution in [1.82, 2.24) is 24.6 Å². The van der Waals surface area contributed by atoms with Crippen molar-refractivity contribution >= 4 is 18.1 Å². The molecule has 0 bridgehead atoms. The van der Waals surface area contributed by atoms with Gasteiger partial charge in [0.15, 0.2) is 0 Å². The summed E-state index contributed by atoms with van der Waals surface area (Å²) in [6.07, 6.45) is 2.31. The highest BCUT2D eigenvalue weighted by Crippen LogP contribution is 2.40. The SMILES string of the molecule is CN(CC(=O)NC(C)(C)C)Cn1nc(C2CC2)n(-c2ccccc2)c1=S. The van der Waals surface area contributed by atoms with Crippen molar-refractivity contribution in [2.75, 3.05) is 13.6 Å². The van der Waals surface area contributed by atoms with Gasteiger partial charge in [0, 0.05) is 17.1 Å². The van der Waals surface area contributed by atoms with Crippen LogP contribution >= 0.6 is 12.2 Å². The molecule has 1 amide bonds. The fraction of sp³-hybridized carbons (Fsp3) is 0.526. The minimum absolute atomic E-state index is 0.00331. The van der Waals surface area contributed by atoms with Gasteiger partial charge in [0.2, 0.25) is 10.7 Å². The third-order valence-electron chi connectivity index (χ3n) is 4.12. The lowest BCUT2D eigenvalue weighted by atomic mass is 10.1. The lowest BCUT2D eigenvalue weighted by Gasteiger charge is -2.23. The van der Waals surface area contributed by atoms with Crippen molar-refractivity contribution in [2.24, 2.45) is 0 Å². The van der Waals surface area contributed by atoms with Gasteiger partial charge in [-0.25, -0.2) is 4.68 Å². The number of rotatable bonds is 6. The molecule has 0 spiro atoms. The van der Waals surface area contributed by atoms with E-state index in [9.17, 15) is 4.79 Å². The molecule has 1 aliphatic carbocycles. The first-order valence-corrected chi connectivity index (χ1v) is 9.40. The van der Waals surface area contributed by atoms with E-state index in [1.54, 1.807) is 0 Å². The molecule has 0 radical (unpaired) electrons. The maximum atomic E-state index is 12.1. The molecule has 1 saturated carbocycles. The Bertz CT molecular complexity index is 830. The minimum atomic E-state index is -0.234. The van der Waals surface area contributed by atoms with Gasteiger partial charge in [0.25, 0.3) is 0 Å². The van der Waals surface area contributed by atoms with Crippen LogP contribution in [0.1, 0.15) is 45.4 Å². The third-order valence-corrected chi connectivity index (χ3v) is 4.52. The monoisotopic (exact) mass is 373 g/mol. The molecule has 0 unspecified atom stereocenters. The summed E-state index contributed by atoms with van der Waals surface area (Å²) in [7, 11) is 1.91. The minimum Gasteiger partial charge on any atom is -0.350 e. The highest BCUT2D eigenvalue weighted by molar-refractivity contribution is 7.71. The molecule has 2 aromatic rings. The number of benzene rings is 1. The Balaban J connectivity index is 1.79. The number of nitrogens with zero attached hydrogens (tertiary/aromatic N) is 4. The van der Waals surface area contributed by atoms with Crippen LogP contribution in [0.25, 0.3) is 5.69 Å². The lowest BCUT2D eigenvalue weighted by Crippen LogP contribution is -2.45. The standard InChI is InChI=1S/C19H27N5OS/c1-19(2,3)20-16(25)12-22(4)13-23-18(26)24(15-8-6-5-7-9-15)17(21-23)14-10-11-14/h5-9,14H,10-13H2,1-4H3,(H,20,25). The van der Waals surface area contributed by atoms with Crippen LogP contribution in [0.5, 0.6) is 0 Å². The molecule has 7 heteroatoms. The van der Waals surface area contributed by atoms with E-state index in [-0.39, 0.29) is 11.4 Å². The Kier molecular flexibility index (Phi) is 5.29. The van der Waals surface area contributed by atoms with Crippen LogP contribution in [0, 0.1) is 4.77 Å². The summed E-state index contributed by atoms with van der Waals surface area (Å²) in [4.78, 5) is 14.1. The largest absolute Gasteiger partial charge is 0.350 e. The maximum Gasteiger partial charge on any atom is 0.234 e. The van der Waals surface area contributed by atoms with E-state index < -0.39 is 0 Å². The highest BCUT2D eigenvalue weighted by atomic mass is 32.1. The first-order valence-electron chi connectivity index (χ1n) is 8.99. The number of hydrogen-bond donors (Lipinski definition) is 1. The molecule has 26 heavy (non-hydrogen) atoms. The van der Waals surface area contributed by atoms with E-state index in [1.165, 1.54) is 0 Å². The van der Waals surface area contributed by atoms with Crippen molar-refractivity contribution in [1.29, 1.82) is 0 Å². The summed E-state index contributed by atoms with van der Waals surface area (Å²) >= 11 is 5.70. The van der Waals surface area contributed by atoms with Crippen LogP contribution in [0.2, 0.25) is 0 Å². The molecular formula is C19H27N5OS. The first kappa shape index (κ1) is 18.8. The number of aromatic nitrogens is 3. The molecule has 0 aliphatic heterocycles. The molecule has 1 N–H and O–H groups in total. The van der Waals surface area contributed by atoms with Crippen LogP contribution in [-0.4, -0.2) is 44.3 Å². The van der Waals surface area contributed by atoms with Gasteiger partial charge in [-0.3, -0.25) is 14.3 Å². The van der Waals surface area contributed by atoms with Gasteiger partial charge in [-0.1, -0.05) is 18.2 Å². The van der Waals surface area contributed by atoms with Crippen LogP contribution in [0.3, 0.4) is 0 Å². The van der Waals surface area contributed by atoms with Gasteiger partial charge >= 0.3 is 0 Å². The number of para-hydroxylation sites is 1. The van der Waals surface area contributed by atoms with E-state index in [0.717, 1.165) is 24.4 Å². The maximum absolute atomic E-state index is 12.1. The molecular weight excluding hydrogens is 346 g/mol. The molecule has 0 atom stereocenters. The molecule has 140 valence electrons. The normalized spacial score (nSPS) is 14.7. The summed E-state index contributed by atoms with van der Waals surface area (Å²) in [5.41, 5.74) is 0.807. The third kappa shape index (κ3) is 4.59. The number of hydrogen-bond acceptors (Lipinski definition) is 4. The number of amides is 1. The van der Waals surface area contributed by atoms with Crippen molar-refractivity contribution in [2.45, 2.75) is 51.7 Å². The van der Waals surface area contributed by atoms with Crippen molar-refractivity contribution < 1.29 is 4.79 Å². The summed E-state index contributed by atoms with van der Waals surface area (Å²) in [5.74, 6) is 1.50. The van der Waals surface area contributed by atoms with Crippen LogP contribution in [-0.2, 0) is 11.5 Å². The predicted octanol–water partition coefficient (Wildman–Crippen LogP) is 3.08. The quantitative estimate of drug-likeness (QED) is 0.791. The van der Waals surface area contributed by atoms with E-state index in [2.05, 4.69) is 9.88 Å². The van der Waals surface area contributed by atoms with Crippen molar-refractivity contribution in [3.8, 4) is 5.69 Å². The molecule has 6 nitrogen and oxygen atoms in total. The van der Waals surface area contributed by atoms with Crippen molar-refractivity contribution in [3.63, 3.8) is 0 Å². The van der Waals surface area contributed by atoms with E-state index in [0.29, 0.717) is 23.9 Å². The van der Waals surface area contributed by atoms with Crippen LogP contribution in [0.15, 0.2) is 30.3 Å². The van der Waals surface area contributed by atoms with E-state index in [4.69, 9.17) is 17.3 Å². The zero-order valence-electron chi connectivity index (χ0n) is 15.9. The molecule has 0 saturated heterocycles. The van der Waals surface area contributed by atoms with Gasteiger partial charge in [0.05, 0.1) is 13.2 Å². The zero-order valence-corrected chi connectivity index (χ0v) is 16.7. The molecule has 1 aromatic heterocycles. The Labute approximate surface area is 159 Å². The van der Waals surface area contributed by atoms with Gasteiger partial charge < -0.3 is 5.32 Å². The number of likely N-dealkylation sites (N-methyl/N-ethyl adjacent to an activating group) is 1. The molecule has 1 aliphatic rings. The zero-order chi connectivity index (χ0) is 18.9. The van der Waals surface area contributed by atoms with Gasteiger partial charge in [-0.2, -0.15) is 5.10 Å². The van der Waals surface area contributed by atoms with Crippen LogP contribution < -0.4 is 5.32 Å². The predicted molar refractivity (Wildman–Crippen MR) is 105 cm³/mol. The Morgan fingerprint density at radius 2 is 1.96 bits per heavy atom. The fourth-order valence-corrected chi connectivity index (χ4v) is 3.22. The number of nitrogens with one attached hydrogen (secondary N) is 1. The van der Waals surface area contributed by atoms with Gasteiger partial charge in [0.1, 0.15) is 5.82 Å². The smallest absolute Gasteiger partial charge is 0.234 e. The summed E-state index contributed by atoms with van der Waals surface area (Å²) in [6.45, 7) is 6.71. The van der Waals surface area contributed by atoms with Gasteiger partial charge in [-0.15, -0.1) is 0 Å². The van der Waals surface area contributed by atoms with Crippen molar-refractivity contribution in [3.05, 3.63) is 40.9 Å². The average Bonchev–Trinajstić information content (AvgIpc) is 3.32. The molecule has 3 rings (SSSR count). The first-order chi connectivity index (χ1) is 12.2. The van der Waals surface area contributed by atoms with Crippen LogP contribution in [0.4, 0.5) is 0 Å². The average molecular weight is 374 g/mol. The summed E-state index contributed by atoms with van der Waals surface area (Å²) in [5, 5.41) is 7.75.